The number of nitrogens with zero attached hydrogens (tertiary/aromatic N) is 1. The summed E-state index contributed by atoms with van der Waals surface area (Å²) in [6.07, 6.45) is 1.58. The molecule has 2 aromatic carbocycles. The summed E-state index contributed by atoms with van der Waals surface area (Å²) in [5.74, 6) is 1.36. The van der Waals surface area contributed by atoms with Gasteiger partial charge in [-0.05, 0) is 50.1 Å². The third-order valence-electron chi connectivity index (χ3n) is 4.59. The van der Waals surface area contributed by atoms with E-state index < -0.39 is 0 Å². The van der Waals surface area contributed by atoms with E-state index in [1.165, 1.54) is 5.56 Å². The summed E-state index contributed by atoms with van der Waals surface area (Å²) in [4.78, 5) is 16.9. The normalized spacial score (nSPS) is 10.4. The third kappa shape index (κ3) is 4.49. The predicted molar refractivity (Wildman–Crippen MR) is 113 cm³/mol. The van der Waals surface area contributed by atoms with Crippen molar-refractivity contribution in [3.63, 3.8) is 0 Å². The molecule has 0 aliphatic heterocycles. The molecule has 0 atom stereocenters. The lowest BCUT2D eigenvalue weighted by atomic mass is 10.0. The standard InChI is InChI=1S/C23H25N3O2/c1-15-11-16(2)22(17(3)12-15)26-23(27)19-9-10-21(25-14-19)24-13-18-7-5-6-8-20(18)28-4/h5-12,14H,13H2,1-4H3,(H,24,25)(H,26,27). The van der Waals surface area contributed by atoms with Gasteiger partial charge in [-0.3, -0.25) is 4.79 Å². The van der Waals surface area contributed by atoms with Gasteiger partial charge in [0.15, 0.2) is 0 Å². The van der Waals surface area contributed by atoms with Gasteiger partial charge >= 0.3 is 0 Å². The summed E-state index contributed by atoms with van der Waals surface area (Å²) in [6.45, 7) is 6.63. The quantitative estimate of drug-likeness (QED) is 0.644. The van der Waals surface area contributed by atoms with Crippen LogP contribution in [0.5, 0.6) is 5.75 Å². The van der Waals surface area contributed by atoms with Crippen LogP contribution < -0.4 is 15.4 Å². The number of hydrogen-bond acceptors (Lipinski definition) is 4. The highest BCUT2D eigenvalue weighted by atomic mass is 16.5. The fourth-order valence-corrected chi connectivity index (χ4v) is 3.23. The van der Waals surface area contributed by atoms with E-state index >= 15 is 0 Å². The Morgan fingerprint density at radius 1 is 1.04 bits per heavy atom. The maximum Gasteiger partial charge on any atom is 0.257 e. The second-order valence-corrected chi connectivity index (χ2v) is 6.83. The zero-order valence-corrected chi connectivity index (χ0v) is 16.7. The van der Waals surface area contributed by atoms with Crippen LogP contribution in [0.4, 0.5) is 11.5 Å². The fraction of sp³-hybridized carbons (Fsp3) is 0.217. The van der Waals surface area contributed by atoms with Gasteiger partial charge in [0.05, 0.1) is 12.7 Å². The molecule has 2 N–H and O–H groups in total. The highest BCUT2D eigenvalue weighted by Crippen LogP contribution is 2.23. The largest absolute Gasteiger partial charge is 0.496 e. The molecule has 144 valence electrons. The van der Waals surface area contributed by atoms with Gasteiger partial charge in [0, 0.05) is 24.0 Å². The fourth-order valence-electron chi connectivity index (χ4n) is 3.23. The Morgan fingerprint density at radius 3 is 2.39 bits per heavy atom. The van der Waals surface area contributed by atoms with E-state index in [-0.39, 0.29) is 5.91 Å². The molecule has 5 nitrogen and oxygen atoms in total. The van der Waals surface area contributed by atoms with Crippen molar-refractivity contribution in [1.82, 2.24) is 4.98 Å². The number of pyridine rings is 1. The van der Waals surface area contributed by atoms with Crippen LogP contribution in [-0.4, -0.2) is 18.0 Å². The molecule has 28 heavy (non-hydrogen) atoms. The van der Waals surface area contributed by atoms with E-state index in [0.717, 1.165) is 28.1 Å². The lowest BCUT2D eigenvalue weighted by molar-refractivity contribution is 0.102. The lowest BCUT2D eigenvalue weighted by Crippen LogP contribution is -2.14. The molecule has 0 aliphatic carbocycles. The molecule has 0 radical (unpaired) electrons. The van der Waals surface area contributed by atoms with Gasteiger partial charge in [-0.25, -0.2) is 4.98 Å². The number of methoxy groups -OCH3 is 1. The van der Waals surface area contributed by atoms with Crippen molar-refractivity contribution in [2.45, 2.75) is 27.3 Å². The summed E-state index contributed by atoms with van der Waals surface area (Å²) >= 11 is 0. The molecule has 0 unspecified atom stereocenters. The number of anilines is 2. The number of carbonyl (C=O) groups excluding carboxylic acids is 1. The molecule has 1 amide bonds. The molecule has 0 saturated carbocycles. The van der Waals surface area contributed by atoms with Crippen LogP contribution in [0.1, 0.15) is 32.6 Å². The number of nitrogens with one attached hydrogen (secondary N) is 2. The van der Waals surface area contributed by atoms with E-state index in [1.807, 2.05) is 45.0 Å². The third-order valence-corrected chi connectivity index (χ3v) is 4.59. The number of hydrogen-bond donors (Lipinski definition) is 2. The highest BCUT2D eigenvalue weighted by Gasteiger charge is 2.11. The van der Waals surface area contributed by atoms with Crippen LogP contribution in [0.25, 0.3) is 0 Å². The molecule has 3 aromatic rings. The molecule has 0 saturated heterocycles. The predicted octanol–water partition coefficient (Wildman–Crippen LogP) is 4.88. The molecular formula is C23H25N3O2. The van der Waals surface area contributed by atoms with Crippen LogP contribution in [0, 0.1) is 20.8 Å². The van der Waals surface area contributed by atoms with Crippen molar-refractivity contribution in [3.05, 3.63) is 82.5 Å². The average molecular weight is 375 g/mol. The van der Waals surface area contributed by atoms with Crippen molar-refractivity contribution in [2.24, 2.45) is 0 Å². The average Bonchev–Trinajstić information content (AvgIpc) is 2.69. The maximum absolute atomic E-state index is 12.6. The molecule has 0 fully saturated rings. The number of aromatic nitrogens is 1. The second-order valence-electron chi connectivity index (χ2n) is 6.83. The first-order valence-corrected chi connectivity index (χ1v) is 9.19. The summed E-state index contributed by atoms with van der Waals surface area (Å²) in [6, 6.07) is 15.5. The van der Waals surface area contributed by atoms with Gasteiger partial charge in [0.2, 0.25) is 0 Å². The Balaban J connectivity index is 1.66. The van der Waals surface area contributed by atoms with E-state index in [2.05, 4.69) is 27.8 Å². The van der Waals surface area contributed by atoms with E-state index in [4.69, 9.17) is 4.74 Å². The molecular weight excluding hydrogens is 350 g/mol. The van der Waals surface area contributed by atoms with Crippen molar-refractivity contribution in [3.8, 4) is 5.75 Å². The van der Waals surface area contributed by atoms with E-state index in [0.29, 0.717) is 17.9 Å². The summed E-state index contributed by atoms with van der Waals surface area (Å²) < 4.78 is 5.35. The smallest absolute Gasteiger partial charge is 0.257 e. The van der Waals surface area contributed by atoms with Crippen LogP contribution in [0.15, 0.2) is 54.7 Å². The molecule has 3 rings (SSSR count). The second kappa shape index (κ2) is 8.57. The van der Waals surface area contributed by atoms with E-state index in [1.54, 1.807) is 25.4 Å². The number of aryl methyl sites for hydroxylation is 3. The minimum absolute atomic E-state index is 0.168. The maximum atomic E-state index is 12.6. The Morgan fingerprint density at radius 2 is 1.75 bits per heavy atom. The molecule has 5 heteroatoms. The Kier molecular flexibility index (Phi) is 5.94. The number of rotatable bonds is 6. The zero-order valence-electron chi connectivity index (χ0n) is 16.7. The van der Waals surface area contributed by atoms with Crippen molar-refractivity contribution in [1.29, 1.82) is 0 Å². The van der Waals surface area contributed by atoms with Gasteiger partial charge in [-0.2, -0.15) is 0 Å². The first kappa shape index (κ1) is 19.4. The summed E-state index contributed by atoms with van der Waals surface area (Å²) in [7, 11) is 1.65. The van der Waals surface area contributed by atoms with Crippen LogP contribution in [-0.2, 0) is 6.54 Å². The minimum Gasteiger partial charge on any atom is -0.496 e. The Hall–Kier alpha value is -3.34. The van der Waals surface area contributed by atoms with Gasteiger partial charge in [-0.1, -0.05) is 35.9 Å². The first-order chi connectivity index (χ1) is 13.5. The molecule has 1 aromatic heterocycles. The minimum atomic E-state index is -0.168. The van der Waals surface area contributed by atoms with Crippen molar-refractivity contribution >= 4 is 17.4 Å². The van der Waals surface area contributed by atoms with Gasteiger partial charge in [0.1, 0.15) is 11.6 Å². The van der Waals surface area contributed by atoms with Gasteiger partial charge in [0.25, 0.3) is 5.91 Å². The highest BCUT2D eigenvalue weighted by molar-refractivity contribution is 6.05. The number of para-hydroxylation sites is 1. The Labute approximate surface area is 165 Å². The van der Waals surface area contributed by atoms with Gasteiger partial charge in [-0.15, -0.1) is 0 Å². The number of benzene rings is 2. The van der Waals surface area contributed by atoms with Crippen molar-refractivity contribution in [2.75, 3.05) is 17.7 Å². The first-order valence-electron chi connectivity index (χ1n) is 9.19. The monoisotopic (exact) mass is 375 g/mol. The van der Waals surface area contributed by atoms with Crippen LogP contribution in [0.2, 0.25) is 0 Å². The van der Waals surface area contributed by atoms with Crippen LogP contribution >= 0.6 is 0 Å². The number of carbonyl (C=O) groups is 1. The molecule has 0 aliphatic rings. The number of amides is 1. The van der Waals surface area contributed by atoms with Gasteiger partial charge < -0.3 is 15.4 Å². The van der Waals surface area contributed by atoms with Crippen molar-refractivity contribution < 1.29 is 9.53 Å². The SMILES string of the molecule is COc1ccccc1CNc1ccc(C(=O)Nc2c(C)cc(C)cc2C)cn1. The zero-order chi connectivity index (χ0) is 20.1. The Bertz CT molecular complexity index is 958. The topological polar surface area (TPSA) is 63.2 Å². The van der Waals surface area contributed by atoms with E-state index in [9.17, 15) is 4.79 Å². The van der Waals surface area contributed by atoms with Crippen LogP contribution in [0.3, 0.4) is 0 Å². The summed E-state index contributed by atoms with van der Waals surface area (Å²) in [5, 5.41) is 6.25. The lowest BCUT2D eigenvalue weighted by Gasteiger charge is -2.13. The molecule has 0 bridgehead atoms. The number of ether oxygens (including phenoxy) is 1. The summed E-state index contributed by atoms with van der Waals surface area (Å²) in [5.41, 5.74) is 5.69. The molecule has 1 heterocycles. The molecule has 0 spiro atoms.